The van der Waals surface area contributed by atoms with Crippen LogP contribution in [0, 0.1) is 6.92 Å². The number of nitrogens with zero attached hydrogens (tertiary/aromatic N) is 1. The number of carbonyl (C=O) groups is 1. The van der Waals surface area contributed by atoms with Crippen molar-refractivity contribution >= 4 is 17.8 Å². The summed E-state index contributed by atoms with van der Waals surface area (Å²) in [5.41, 5.74) is 3.08. The quantitative estimate of drug-likeness (QED) is 0.783. The number of ether oxygens (including phenoxy) is 1. The molecule has 1 N–H and O–H groups in total. The van der Waals surface area contributed by atoms with E-state index in [4.69, 9.17) is 4.74 Å². The lowest BCUT2D eigenvalue weighted by Gasteiger charge is -2.30. The zero-order valence-electron chi connectivity index (χ0n) is 9.40. The standard InChI is InChI=1S/C12H16N2O2/c1-10-2-3-12(11(8-10)13-9-15)14-4-6-16-7-5-14/h2-3,8-9H,4-7H2,1H3,(H,13,15). The fourth-order valence-electron chi connectivity index (χ4n) is 1.91. The Balaban J connectivity index is 2.26. The summed E-state index contributed by atoms with van der Waals surface area (Å²) < 4.78 is 5.31. The summed E-state index contributed by atoms with van der Waals surface area (Å²) in [7, 11) is 0. The molecule has 0 unspecified atom stereocenters. The molecule has 0 saturated carbocycles. The Bertz CT molecular complexity index is 373. The summed E-state index contributed by atoms with van der Waals surface area (Å²) in [5, 5.41) is 2.75. The normalized spacial score (nSPS) is 15.9. The number of morpholine rings is 1. The highest BCUT2D eigenvalue weighted by Crippen LogP contribution is 2.27. The van der Waals surface area contributed by atoms with Crippen molar-refractivity contribution in [2.24, 2.45) is 0 Å². The van der Waals surface area contributed by atoms with Gasteiger partial charge in [0, 0.05) is 13.1 Å². The molecular weight excluding hydrogens is 204 g/mol. The van der Waals surface area contributed by atoms with Crippen LogP contribution in [-0.4, -0.2) is 32.7 Å². The highest BCUT2D eigenvalue weighted by molar-refractivity contribution is 5.81. The van der Waals surface area contributed by atoms with Crippen LogP contribution in [0.1, 0.15) is 5.56 Å². The summed E-state index contributed by atoms with van der Waals surface area (Å²) in [5.74, 6) is 0. The molecule has 0 aliphatic carbocycles. The van der Waals surface area contributed by atoms with Gasteiger partial charge in [0.05, 0.1) is 24.6 Å². The van der Waals surface area contributed by atoms with Crippen molar-refractivity contribution in [3.05, 3.63) is 23.8 Å². The Morgan fingerprint density at radius 3 is 2.81 bits per heavy atom. The fourth-order valence-corrected chi connectivity index (χ4v) is 1.91. The van der Waals surface area contributed by atoms with E-state index >= 15 is 0 Å². The summed E-state index contributed by atoms with van der Waals surface area (Å²) >= 11 is 0. The number of nitrogens with one attached hydrogen (secondary N) is 1. The number of amides is 1. The molecule has 1 aromatic rings. The minimum atomic E-state index is 0.721. The molecule has 1 fully saturated rings. The van der Waals surface area contributed by atoms with Crippen molar-refractivity contribution in [3.8, 4) is 0 Å². The van der Waals surface area contributed by atoms with Crippen LogP contribution < -0.4 is 10.2 Å². The molecule has 1 aliphatic heterocycles. The smallest absolute Gasteiger partial charge is 0.211 e. The minimum Gasteiger partial charge on any atom is -0.378 e. The molecule has 1 aromatic carbocycles. The number of carbonyl (C=O) groups excluding carboxylic acids is 1. The van der Waals surface area contributed by atoms with Gasteiger partial charge in [-0.1, -0.05) is 6.07 Å². The molecular formula is C12H16N2O2. The largest absolute Gasteiger partial charge is 0.378 e. The summed E-state index contributed by atoms with van der Waals surface area (Å²) in [4.78, 5) is 12.8. The van der Waals surface area contributed by atoms with Gasteiger partial charge in [0.2, 0.25) is 6.41 Å². The van der Waals surface area contributed by atoms with E-state index < -0.39 is 0 Å². The van der Waals surface area contributed by atoms with E-state index in [0.29, 0.717) is 0 Å². The third-order valence-corrected chi connectivity index (χ3v) is 2.72. The second kappa shape index (κ2) is 4.99. The lowest BCUT2D eigenvalue weighted by atomic mass is 10.1. The molecule has 4 nitrogen and oxygen atoms in total. The van der Waals surface area contributed by atoms with Crippen molar-refractivity contribution in [2.45, 2.75) is 6.92 Å². The maximum Gasteiger partial charge on any atom is 0.211 e. The second-order valence-electron chi connectivity index (χ2n) is 3.88. The number of benzene rings is 1. The SMILES string of the molecule is Cc1ccc(N2CCOCC2)c(NC=O)c1. The van der Waals surface area contributed by atoms with Gasteiger partial charge in [0.1, 0.15) is 0 Å². The Labute approximate surface area is 95.2 Å². The molecule has 1 saturated heterocycles. The second-order valence-corrected chi connectivity index (χ2v) is 3.88. The maximum atomic E-state index is 10.6. The molecule has 2 rings (SSSR count). The minimum absolute atomic E-state index is 0.721. The number of hydrogen-bond acceptors (Lipinski definition) is 3. The number of hydrogen-bond donors (Lipinski definition) is 1. The van der Waals surface area contributed by atoms with E-state index in [1.165, 1.54) is 0 Å². The van der Waals surface area contributed by atoms with Crippen molar-refractivity contribution in [2.75, 3.05) is 36.5 Å². The van der Waals surface area contributed by atoms with Gasteiger partial charge in [0.15, 0.2) is 0 Å². The van der Waals surface area contributed by atoms with Gasteiger partial charge in [-0.25, -0.2) is 0 Å². The van der Waals surface area contributed by atoms with Crippen LogP contribution in [-0.2, 0) is 9.53 Å². The van der Waals surface area contributed by atoms with E-state index in [1.807, 2.05) is 19.1 Å². The highest BCUT2D eigenvalue weighted by Gasteiger charge is 2.14. The molecule has 1 heterocycles. The van der Waals surface area contributed by atoms with Gasteiger partial charge in [-0.3, -0.25) is 4.79 Å². The Hall–Kier alpha value is -1.55. The lowest BCUT2D eigenvalue weighted by molar-refractivity contribution is -0.105. The van der Waals surface area contributed by atoms with Gasteiger partial charge in [-0.05, 0) is 24.6 Å². The van der Waals surface area contributed by atoms with Gasteiger partial charge in [-0.2, -0.15) is 0 Å². The highest BCUT2D eigenvalue weighted by atomic mass is 16.5. The Morgan fingerprint density at radius 1 is 1.38 bits per heavy atom. The van der Waals surface area contributed by atoms with Crippen LogP contribution in [0.4, 0.5) is 11.4 Å². The number of aryl methyl sites for hydroxylation is 1. The van der Waals surface area contributed by atoms with Crippen LogP contribution in [0.3, 0.4) is 0 Å². The number of anilines is 2. The van der Waals surface area contributed by atoms with E-state index in [-0.39, 0.29) is 0 Å². The molecule has 0 spiro atoms. The average Bonchev–Trinajstić information content (AvgIpc) is 2.31. The van der Waals surface area contributed by atoms with Crippen LogP contribution in [0.15, 0.2) is 18.2 Å². The molecule has 4 heteroatoms. The molecule has 0 bridgehead atoms. The molecule has 16 heavy (non-hydrogen) atoms. The van der Waals surface area contributed by atoms with E-state index in [9.17, 15) is 4.79 Å². The number of rotatable bonds is 3. The third-order valence-electron chi connectivity index (χ3n) is 2.72. The third kappa shape index (κ3) is 2.33. The van der Waals surface area contributed by atoms with Gasteiger partial charge >= 0.3 is 0 Å². The molecule has 0 radical (unpaired) electrons. The van der Waals surface area contributed by atoms with E-state index in [0.717, 1.165) is 49.7 Å². The first-order valence-electron chi connectivity index (χ1n) is 5.45. The van der Waals surface area contributed by atoms with E-state index in [1.54, 1.807) is 0 Å². The first-order chi connectivity index (χ1) is 7.81. The maximum absolute atomic E-state index is 10.6. The van der Waals surface area contributed by atoms with Crippen molar-refractivity contribution in [3.63, 3.8) is 0 Å². The van der Waals surface area contributed by atoms with Crippen molar-refractivity contribution < 1.29 is 9.53 Å². The molecule has 0 aromatic heterocycles. The first kappa shape index (κ1) is 11.0. The summed E-state index contributed by atoms with van der Waals surface area (Å²) in [6.45, 7) is 5.25. The van der Waals surface area contributed by atoms with Gasteiger partial charge < -0.3 is 15.0 Å². The van der Waals surface area contributed by atoms with E-state index in [2.05, 4.69) is 16.3 Å². The zero-order chi connectivity index (χ0) is 11.4. The summed E-state index contributed by atoms with van der Waals surface area (Å²) in [6.07, 6.45) is 0.721. The zero-order valence-corrected chi connectivity index (χ0v) is 9.40. The molecule has 1 aliphatic rings. The topological polar surface area (TPSA) is 41.6 Å². The monoisotopic (exact) mass is 220 g/mol. The first-order valence-corrected chi connectivity index (χ1v) is 5.45. The Kier molecular flexibility index (Phi) is 3.41. The van der Waals surface area contributed by atoms with Gasteiger partial charge in [0.25, 0.3) is 0 Å². The summed E-state index contributed by atoms with van der Waals surface area (Å²) in [6, 6.07) is 6.09. The van der Waals surface area contributed by atoms with Gasteiger partial charge in [-0.15, -0.1) is 0 Å². The lowest BCUT2D eigenvalue weighted by Crippen LogP contribution is -2.36. The molecule has 86 valence electrons. The predicted octanol–water partition coefficient (Wildman–Crippen LogP) is 1.40. The van der Waals surface area contributed by atoms with Crippen LogP contribution in [0.5, 0.6) is 0 Å². The van der Waals surface area contributed by atoms with Crippen LogP contribution in [0.2, 0.25) is 0 Å². The predicted molar refractivity (Wildman–Crippen MR) is 63.9 cm³/mol. The van der Waals surface area contributed by atoms with Crippen molar-refractivity contribution in [1.82, 2.24) is 0 Å². The average molecular weight is 220 g/mol. The van der Waals surface area contributed by atoms with Crippen molar-refractivity contribution in [1.29, 1.82) is 0 Å². The Morgan fingerprint density at radius 2 is 2.12 bits per heavy atom. The molecule has 0 atom stereocenters. The fraction of sp³-hybridized carbons (Fsp3) is 0.417. The molecule has 1 amide bonds. The van der Waals surface area contributed by atoms with Crippen LogP contribution >= 0.6 is 0 Å². The van der Waals surface area contributed by atoms with Crippen LogP contribution in [0.25, 0.3) is 0 Å².